The van der Waals surface area contributed by atoms with E-state index in [4.69, 9.17) is 0 Å². The summed E-state index contributed by atoms with van der Waals surface area (Å²) in [4.78, 5) is 27.7. The van der Waals surface area contributed by atoms with Crippen molar-refractivity contribution in [3.8, 4) is 0 Å². The molecule has 1 aliphatic rings. The minimum absolute atomic E-state index is 0.00213. The molecule has 4 nitrogen and oxygen atoms in total. The van der Waals surface area contributed by atoms with E-state index in [0.717, 1.165) is 12.1 Å². The van der Waals surface area contributed by atoms with Crippen LogP contribution in [0, 0.1) is 5.92 Å². The van der Waals surface area contributed by atoms with E-state index in [1.807, 2.05) is 44.2 Å². The summed E-state index contributed by atoms with van der Waals surface area (Å²) >= 11 is 0. The summed E-state index contributed by atoms with van der Waals surface area (Å²) in [6.07, 6.45) is 0.819. The number of nitrogens with zero attached hydrogens (tertiary/aromatic N) is 2. The average Bonchev–Trinajstić information content (AvgIpc) is 2.60. The number of hydrogen-bond acceptors (Lipinski definition) is 2. The standard InChI is InChI=1S/C15H20N2O2/c1-12(2)15(19)16-9-6-10-17(14(18)11-16)13-7-4-3-5-8-13/h3-5,7-8,12H,6,9-11H2,1-2H3. The van der Waals surface area contributed by atoms with E-state index in [0.29, 0.717) is 13.1 Å². The van der Waals surface area contributed by atoms with Crippen LogP contribution in [0.1, 0.15) is 20.3 Å². The first kappa shape index (κ1) is 13.6. The van der Waals surface area contributed by atoms with Gasteiger partial charge in [-0.1, -0.05) is 32.0 Å². The predicted octanol–water partition coefficient (Wildman–Crippen LogP) is 1.91. The zero-order valence-corrected chi connectivity index (χ0v) is 11.5. The summed E-state index contributed by atoms with van der Waals surface area (Å²) in [7, 11) is 0. The van der Waals surface area contributed by atoms with Crippen molar-refractivity contribution in [2.75, 3.05) is 24.5 Å². The van der Waals surface area contributed by atoms with Crippen molar-refractivity contribution in [1.82, 2.24) is 4.90 Å². The Morgan fingerprint density at radius 1 is 1.16 bits per heavy atom. The van der Waals surface area contributed by atoms with E-state index in [9.17, 15) is 9.59 Å². The van der Waals surface area contributed by atoms with Crippen LogP contribution in [0.3, 0.4) is 0 Å². The Morgan fingerprint density at radius 2 is 1.84 bits per heavy atom. The van der Waals surface area contributed by atoms with Crippen molar-refractivity contribution in [3.63, 3.8) is 0 Å². The Bertz CT molecular complexity index is 456. The van der Waals surface area contributed by atoms with Crippen LogP contribution in [0.15, 0.2) is 30.3 Å². The van der Waals surface area contributed by atoms with Crippen LogP contribution in [0.5, 0.6) is 0 Å². The summed E-state index contributed by atoms with van der Waals surface area (Å²) in [6, 6.07) is 9.63. The fourth-order valence-corrected chi connectivity index (χ4v) is 2.31. The lowest BCUT2D eigenvalue weighted by Crippen LogP contribution is -2.41. The summed E-state index contributed by atoms with van der Waals surface area (Å²) in [5.41, 5.74) is 0.909. The monoisotopic (exact) mass is 260 g/mol. The number of benzene rings is 1. The van der Waals surface area contributed by atoms with Crippen LogP contribution in [-0.2, 0) is 9.59 Å². The summed E-state index contributed by atoms with van der Waals surface area (Å²) in [5.74, 6) is -0.00274. The highest BCUT2D eigenvalue weighted by Gasteiger charge is 2.26. The van der Waals surface area contributed by atoms with Gasteiger partial charge in [-0.3, -0.25) is 9.59 Å². The van der Waals surface area contributed by atoms with Crippen LogP contribution < -0.4 is 4.90 Å². The molecule has 0 atom stereocenters. The molecule has 0 N–H and O–H groups in total. The largest absolute Gasteiger partial charge is 0.333 e. The topological polar surface area (TPSA) is 40.6 Å². The van der Waals surface area contributed by atoms with Gasteiger partial charge in [-0.2, -0.15) is 0 Å². The second-order valence-electron chi connectivity index (χ2n) is 5.15. The molecule has 102 valence electrons. The Hall–Kier alpha value is -1.84. The van der Waals surface area contributed by atoms with Gasteiger partial charge in [-0.05, 0) is 18.6 Å². The van der Waals surface area contributed by atoms with Crippen molar-refractivity contribution in [2.24, 2.45) is 5.92 Å². The molecule has 0 aromatic heterocycles. The molecule has 1 saturated heterocycles. The van der Waals surface area contributed by atoms with Gasteiger partial charge in [0.15, 0.2) is 0 Å². The smallest absolute Gasteiger partial charge is 0.246 e. The van der Waals surface area contributed by atoms with E-state index in [2.05, 4.69) is 0 Å². The van der Waals surface area contributed by atoms with Gasteiger partial charge >= 0.3 is 0 Å². The molecule has 0 saturated carbocycles. The highest BCUT2D eigenvalue weighted by Crippen LogP contribution is 2.17. The minimum Gasteiger partial charge on any atom is -0.333 e. The van der Waals surface area contributed by atoms with Crippen LogP contribution in [0.2, 0.25) is 0 Å². The van der Waals surface area contributed by atoms with Crippen molar-refractivity contribution < 1.29 is 9.59 Å². The van der Waals surface area contributed by atoms with Crippen molar-refractivity contribution in [1.29, 1.82) is 0 Å². The first-order chi connectivity index (χ1) is 9.09. The Labute approximate surface area is 114 Å². The molecular weight excluding hydrogens is 240 g/mol. The molecule has 1 aliphatic heterocycles. The van der Waals surface area contributed by atoms with Gasteiger partial charge < -0.3 is 9.80 Å². The number of carbonyl (C=O) groups is 2. The van der Waals surface area contributed by atoms with Gasteiger partial charge in [-0.25, -0.2) is 0 Å². The average molecular weight is 260 g/mol. The summed E-state index contributed by atoms with van der Waals surface area (Å²) in [5, 5.41) is 0. The Morgan fingerprint density at radius 3 is 2.47 bits per heavy atom. The van der Waals surface area contributed by atoms with E-state index < -0.39 is 0 Å². The molecule has 2 rings (SSSR count). The van der Waals surface area contributed by atoms with Crippen molar-refractivity contribution in [3.05, 3.63) is 30.3 Å². The maximum absolute atomic E-state index is 12.3. The van der Waals surface area contributed by atoms with Gasteiger partial charge in [-0.15, -0.1) is 0 Å². The number of para-hydroxylation sites is 1. The van der Waals surface area contributed by atoms with Crippen LogP contribution in [-0.4, -0.2) is 36.3 Å². The molecule has 0 radical (unpaired) electrons. The third-order valence-electron chi connectivity index (χ3n) is 3.31. The summed E-state index contributed by atoms with van der Waals surface area (Å²) < 4.78 is 0. The zero-order chi connectivity index (χ0) is 13.8. The predicted molar refractivity (Wildman–Crippen MR) is 74.8 cm³/mol. The maximum Gasteiger partial charge on any atom is 0.246 e. The van der Waals surface area contributed by atoms with Crippen molar-refractivity contribution >= 4 is 17.5 Å². The van der Waals surface area contributed by atoms with E-state index in [-0.39, 0.29) is 24.3 Å². The molecule has 1 fully saturated rings. The molecular formula is C15H20N2O2. The molecule has 19 heavy (non-hydrogen) atoms. The number of rotatable bonds is 2. The number of hydrogen-bond donors (Lipinski definition) is 0. The van der Waals surface area contributed by atoms with Crippen LogP contribution >= 0.6 is 0 Å². The number of amides is 2. The SMILES string of the molecule is CC(C)C(=O)N1CCCN(c2ccccc2)C(=O)C1. The Balaban J connectivity index is 2.12. The lowest BCUT2D eigenvalue weighted by Gasteiger charge is -2.23. The normalized spacial score (nSPS) is 16.7. The molecule has 2 amide bonds. The van der Waals surface area contributed by atoms with Crippen molar-refractivity contribution in [2.45, 2.75) is 20.3 Å². The molecule has 0 bridgehead atoms. The molecule has 1 aromatic rings. The van der Waals surface area contributed by atoms with Gasteiger partial charge in [0.2, 0.25) is 11.8 Å². The molecule has 4 heteroatoms. The number of carbonyl (C=O) groups excluding carboxylic acids is 2. The van der Waals surface area contributed by atoms with Gasteiger partial charge in [0.05, 0.1) is 0 Å². The minimum atomic E-state index is -0.0592. The highest BCUT2D eigenvalue weighted by molar-refractivity contribution is 5.97. The second kappa shape index (κ2) is 5.87. The quantitative estimate of drug-likeness (QED) is 0.815. The molecule has 1 heterocycles. The summed E-state index contributed by atoms with van der Waals surface area (Å²) in [6.45, 7) is 5.25. The van der Waals surface area contributed by atoms with Crippen LogP contribution in [0.25, 0.3) is 0 Å². The molecule has 0 spiro atoms. The lowest BCUT2D eigenvalue weighted by atomic mass is 10.2. The lowest BCUT2D eigenvalue weighted by molar-refractivity contribution is -0.137. The van der Waals surface area contributed by atoms with Gasteiger partial charge in [0.25, 0.3) is 0 Å². The fourth-order valence-electron chi connectivity index (χ4n) is 2.31. The molecule has 0 unspecified atom stereocenters. The first-order valence-electron chi connectivity index (χ1n) is 6.74. The van der Waals surface area contributed by atoms with Crippen LogP contribution in [0.4, 0.5) is 5.69 Å². The van der Waals surface area contributed by atoms with E-state index in [1.54, 1.807) is 9.80 Å². The van der Waals surface area contributed by atoms with E-state index >= 15 is 0 Å². The Kier molecular flexibility index (Phi) is 4.20. The number of anilines is 1. The highest BCUT2D eigenvalue weighted by atomic mass is 16.2. The fraction of sp³-hybridized carbons (Fsp3) is 0.467. The third-order valence-corrected chi connectivity index (χ3v) is 3.31. The second-order valence-corrected chi connectivity index (χ2v) is 5.15. The maximum atomic E-state index is 12.3. The van der Waals surface area contributed by atoms with E-state index in [1.165, 1.54) is 0 Å². The van der Waals surface area contributed by atoms with Gasteiger partial charge in [0, 0.05) is 24.7 Å². The third kappa shape index (κ3) is 3.13. The molecule has 1 aromatic carbocycles. The van der Waals surface area contributed by atoms with Gasteiger partial charge in [0.1, 0.15) is 6.54 Å². The molecule has 0 aliphatic carbocycles. The first-order valence-corrected chi connectivity index (χ1v) is 6.74. The zero-order valence-electron chi connectivity index (χ0n) is 11.5.